The van der Waals surface area contributed by atoms with E-state index in [4.69, 9.17) is 0 Å². The normalized spacial score (nSPS) is 13.0. The van der Waals surface area contributed by atoms with Gasteiger partial charge >= 0.3 is 0 Å². The quantitative estimate of drug-likeness (QED) is 0.715. The van der Waals surface area contributed by atoms with Crippen LogP contribution in [0.3, 0.4) is 0 Å². The second-order valence-electron chi connectivity index (χ2n) is 6.31. The molecule has 4 heteroatoms. The summed E-state index contributed by atoms with van der Waals surface area (Å²) in [6.07, 6.45) is 0. The topological polar surface area (TPSA) is 0 Å². The van der Waals surface area contributed by atoms with Crippen molar-refractivity contribution in [1.82, 2.24) is 0 Å². The molecule has 0 atom stereocenters. The van der Waals surface area contributed by atoms with E-state index >= 15 is 0 Å². The van der Waals surface area contributed by atoms with Gasteiger partial charge in [-0.05, 0) is 12.1 Å². The van der Waals surface area contributed by atoms with Crippen molar-refractivity contribution in [2.45, 2.75) is 39.3 Å². The molecule has 0 N–H and O–H groups in total. The molecule has 0 nitrogen and oxygen atoms in total. The van der Waals surface area contributed by atoms with Crippen molar-refractivity contribution in [3.63, 3.8) is 0 Å². The Morgan fingerprint density at radius 1 is 0.688 bits per heavy atom. The molecule has 0 aliphatic rings. The molecular formula is C12H20F2Si2. The largest absolute Gasteiger partial charge is 0.204 e. The zero-order valence-corrected chi connectivity index (χ0v) is 12.9. The van der Waals surface area contributed by atoms with E-state index in [2.05, 4.69) is 39.3 Å². The van der Waals surface area contributed by atoms with Crippen molar-refractivity contribution in [3.8, 4) is 0 Å². The minimum atomic E-state index is -1.61. The standard InChI is InChI=1S/C12H20F2Si2/c1-15(2,3)11-7-9(13)10(14)8-12(11)16(4,5)6/h7-8H,1-6H3. The van der Waals surface area contributed by atoms with Gasteiger partial charge in [-0.1, -0.05) is 49.7 Å². The van der Waals surface area contributed by atoms with Crippen molar-refractivity contribution in [1.29, 1.82) is 0 Å². The summed E-state index contributed by atoms with van der Waals surface area (Å²) in [5.41, 5.74) is 0. The van der Waals surface area contributed by atoms with Gasteiger partial charge in [0.05, 0.1) is 16.1 Å². The lowest BCUT2D eigenvalue weighted by Crippen LogP contribution is -2.56. The molecule has 0 amide bonds. The van der Waals surface area contributed by atoms with Crippen LogP contribution in [0.4, 0.5) is 8.78 Å². The Morgan fingerprint density at radius 2 is 0.938 bits per heavy atom. The molecule has 0 bridgehead atoms. The third kappa shape index (κ3) is 2.80. The number of hydrogen-bond acceptors (Lipinski definition) is 0. The average Bonchev–Trinajstić information content (AvgIpc) is 2.05. The molecule has 0 unspecified atom stereocenters. The lowest BCUT2D eigenvalue weighted by atomic mass is 10.3. The van der Waals surface area contributed by atoms with Crippen molar-refractivity contribution in [2.24, 2.45) is 0 Å². The van der Waals surface area contributed by atoms with Crippen LogP contribution in [0, 0.1) is 11.6 Å². The van der Waals surface area contributed by atoms with Crippen LogP contribution in [-0.4, -0.2) is 16.1 Å². The number of hydrogen-bond donors (Lipinski definition) is 0. The predicted molar refractivity (Wildman–Crippen MR) is 72.3 cm³/mol. The molecule has 0 fully saturated rings. The monoisotopic (exact) mass is 258 g/mol. The first-order valence-electron chi connectivity index (χ1n) is 5.53. The summed E-state index contributed by atoms with van der Waals surface area (Å²) in [4.78, 5) is 0. The Kier molecular flexibility index (Phi) is 3.46. The van der Waals surface area contributed by atoms with Crippen molar-refractivity contribution >= 4 is 26.5 Å². The molecule has 0 saturated heterocycles. The van der Waals surface area contributed by atoms with Gasteiger partial charge in [0.1, 0.15) is 0 Å². The minimum Gasteiger partial charge on any atom is -0.204 e. The van der Waals surface area contributed by atoms with Crippen molar-refractivity contribution in [3.05, 3.63) is 23.8 Å². The van der Waals surface area contributed by atoms with E-state index in [1.165, 1.54) is 12.1 Å². The number of rotatable bonds is 2. The van der Waals surface area contributed by atoms with Crippen LogP contribution >= 0.6 is 0 Å². The van der Waals surface area contributed by atoms with Crippen LogP contribution in [0.2, 0.25) is 39.3 Å². The van der Waals surface area contributed by atoms with Gasteiger partial charge in [-0.25, -0.2) is 8.78 Å². The van der Waals surface area contributed by atoms with E-state index < -0.39 is 27.8 Å². The van der Waals surface area contributed by atoms with E-state index in [1.54, 1.807) is 0 Å². The first-order valence-corrected chi connectivity index (χ1v) is 12.5. The van der Waals surface area contributed by atoms with Gasteiger partial charge in [0, 0.05) is 0 Å². The van der Waals surface area contributed by atoms with E-state index in [0.29, 0.717) is 0 Å². The van der Waals surface area contributed by atoms with Gasteiger partial charge in [-0.3, -0.25) is 0 Å². The van der Waals surface area contributed by atoms with E-state index in [-0.39, 0.29) is 0 Å². The smallest absolute Gasteiger partial charge is 0.158 e. The summed E-state index contributed by atoms with van der Waals surface area (Å²) in [6, 6.07) is 2.85. The number of benzene rings is 1. The number of halogens is 2. The minimum absolute atomic E-state index is 0.709. The SMILES string of the molecule is C[Si](C)(C)c1cc(F)c(F)cc1[Si](C)(C)C. The summed E-state index contributed by atoms with van der Waals surface area (Å²) in [5, 5.41) is 2.15. The van der Waals surface area contributed by atoms with Crippen LogP contribution in [0.1, 0.15) is 0 Å². The summed E-state index contributed by atoms with van der Waals surface area (Å²) >= 11 is 0. The molecule has 0 spiro atoms. The Balaban J connectivity index is 3.53. The van der Waals surface area contributed by atoms with Crippen LogP contribution in [0.25, 0.3) is 0 Å². The van der Waals surface area contributed by atoms with Crippen LogP contribution in [-0.2, 0) is 0 Å². The molecule has 1 aromatic carbocycles. The lowest BCUT2D eigenvalue weighted by molar-refractivity contribution is 0.510. The van der Waals surface area contributed by atoms with E-state index in [9.17, 15) is 8.78 Å². The molecule has 1 aromatic rings. The molecule has 90 valence electrons. The maximum Gasteiger partial charge on any atom is 0.158 e. The van der Waals surface area contributed by atoms with Gasteiger partial charge in [-0.15, -0.1) is 0 Å². The molecule has 0 aliphatic carbocycles. The molecule has 1 rings (SSSR count). The third-order valence-corrected chi connectivity index (χ3v) is 6.99. The van der Waals surface area contributed by atoms with Gasteiger partial charge in [0.2, 0.25) is 0 Å². The van der Waals surface area contributed by atoms with Crippen molar-refractivity contribution in [2.75, 3.05) is 0 Å². The van der Waals surface area contributed by atoms with Gasteiger partial charge in [-0.2, -0.15) is 0 Å². The maximum atomic E-state index is 13.3. The summed E-state index contributed by atoms with van der Waals surface area (Å²) in [5.74, 6) is -1.42. The van der Waals surface area contributed by atoms with E-state index in [1.807, 2.05) is 0 Å². The molecule has 0 saturated carbocycles. The lowest BCUT2D eigenvalue weighted by Gasteiger charge is -2.28. The Labute approximate surface area is 98.7 Å². The molecule has 0 aromatic heterocycles. The fourth-order valence-corrected chi connectivity index (χ4v) is 6.92. The fraction of sp³-hybridized carbons (Fsp3) is 0.500. The Bertz CT molecular complexity index is 362. The molecular weight excluding hydrogens is 238 g/mol. The Hall–Kier alpha value is -0.486. The maximum absolute atomic E-state index is 13.3. The molecule has 0 heterocycles. The van der Waals surface area contributed by atoms with Gasteiger partial charge < -0.3 is 0 Å². The highest BCUT2D eigenvalue weighted by atomic mass is 28.3. The average molecular weight is 258 g/mol. The first kappa shape index (κ1) is 13.6. The van der Waals surface area contributed by atoms with Gasteiger partial charge in [0.25, 0.3) is 0 Å². The summed E-state index contributed by atoms with van der Waals surface area (Å²) in [7, 11) is -3.23. The fourth-order valence-electron chi connectivity index (χ4n) is 1.79. The van der Waals surface area contributed by atoms with Gasteiger partial charge in [0.15, 0.2) is 11.6 Å². The second kappa shape index (κ2) is 4.07. The zero-order chi connectivity index (χ0) is 12.7. The summed E-state index contributed by atoms with van der Waals surface area (Å²) < 4.78 is 26.7. The highest BCUT2D eigenvalue weighted by molar-refractivity contribution is 6.98. The second-order valence-corrected chi connectivity index (χ2v) is 16.4. The molecule has 0 radical (unpaired) electrons. The highest BCUT2D eigenvalue weighted by Crippen LogP contribution is 2.11. The van der Waals surface area contributed by atoms with Crippen LogP contribution in [0.5, 0.6) is 0 Å². The first-order chi connectivity index (χ1) is 7.03. The molecule has 0 aliphatic heterocycles. The highest BCUT2D eigenvalue weighted by Gasteiger charge is 2.29. The Morgan fingerprint density at radius 3 is 1.12 bits per heavy atom. The summed E-state index contributed by atoms with van der Waals surface area (Å²) in [6.45, 7) is 13.0. The van der Waals surface area contributed by atoms with Crippen LogP contribution in [0.15, 0.2) is 12.1 Å². The van der Waals surface area contributed by atoms with E-state index in [0.717, 1.165) is 10.4 Å². The van der Waals surface area contributed by atoms with Crippen LogP contribution < -0.4 is 10.4 Å². The predicted octanol–water partition coefficient (Wildman–Crippen LogP) is 3.06. The zero-order valence-electron chi connectivity index (χ0n) is 10.9. The molecule has 16 heavy (non-hydrogen) atoms. The third-order valence-electron chi connectivity index (χ3n) is 2.68. The van der Waals surface area contributed by atoms with Crippen molar-refractivity contribution < 1.29 is 8.78 Å².